The molecule has 1 aliphatic heterocycles. The minimum absolute atomic E-state index is 0.0508. The highest BCUT2D eigenvalue weighted by atomic mass is 32.2. The van der Waals surface area contributed by atoms with Gasteiger partial charge < -0.3 is 9.32 Å². The van der Waals surface area contributed by atoms with Gasteiger partial charge in [0, 0.05) is 37.4 Å². The van der Waals surface area contributed by atoms with Gasteiger partial charge >= 0.3 is 0 Å². The smallest absolute Gasteiger partial charge is 0.261 e. The van der Waals surface area contributed by atoms with Gasteiger partial charge in [0.25, 0.3) is 15.9 Å². The van der Waals surface area contributed by atoms with Gasteiger partial charge in [-0.3, -0.25) is 14.4 Å². The molecule has 0 radical (unpaired) electrons. The number of piperazine rings is 1. The Balaban J connectivity index is 1.34. The van der Waals surface area contributed by atoms with Crippen LogP contribution in [0.5, 0.6) is 0 Å². The summed E-state index contributed by atoms with van der Waals surface area (Å²) in [6, 6.07) is 18.5. The first-order valence-corrected chi connectivity index (χ1v) is 11.2. The maximum atomic E-state index is 12.8. The molecule has 30 heavy (non-hydrogen) atoms. The van der Waals surface area contributed by atoms with E-state index in [4.69, 9.17) is 4.42 Å². The van der Waals surface area contributed by atoms with E-state index in [1.54, 1.807) is 48.7 Å². The molecule has 0 aliphatic carbocycles. The Hall–Kier alpha value is -3.10. The fourth-order valence-corrected chi connectivity index (χ4v) is 4.49. The summed E-state index contributed by atoms with van der Waals surface area (Å²) in [5.74, 6) is 0.869. The number of hydrogen-bond donors (Lipinski definition) is 1. The zero-order valence-electron chi connectivity index (χ0n) is 16.4. The summed E-state index contributed by atoms with van der Waals surface area (Å²) in [6.45, 7) is 3.58. The summed E-state index contributed by atoms with van der Waals surface area (Å²) < 4.78 is 32.8. The van der Waals surface area contributed by atoms with Crippen LogP contribution in [0, 0.1) is 0 Å². The Morgan fingerprint density at radius 1 is 0.900 bits per heavy atom. The van der Waals surface area contributed by atoms with Gasteiger partial charge in [0.05, 0.1) is 17.7 Å². The highest BCUT2D eigenvalue weighted by molar-refractivity contribution is 7.92. The topological polar surface area (TPSA) is 82.9 Å². The number of hydrogen-bond acceptors (Lipinski definition) is 5. The number of amides is 1. The number of nitrogens with one attached hydrogen (secondary N) is 1. The van der Waals surface area contributed by atoms with Gasteiger partial charge in [0.15, 0.2) is 0 Å². The van der Waals surface area contributed by atoms with Gasteiger partial charge in [-0.1, -0.05) is 18.2 Å². The van der Waals surface area contributed by atoms with Crippen LogP contribution in [0.1, 0.15) is 16.1 Å². The van der Waals surface area contributed by atoms with Crippen molar-refractivity contribution in [1.82, 2.24) is 9.80 Å². The Kier molecular flexibility index (Phi) is 5.87. The summed E-state index contributed by atoms with van der Waals surface area (Å²) >= 11 is 0. The molecular formula is C22H23N3O4S. The second-order valence-electron chi connectivity index (χ2n) is 7.14. The standard InChI is InChI=1S/C22H23N3O4S/c26-22(25-14-12-24(13-15-25)17-20-5-4-16-29-20)18-8-10-19(11-9-18)23-30(27,28)21-6-2-1-3-7-21/h1-11,16,23H,12-15,17H2. The Bertz CT molecular complexity index is 1070. The first kappa shape index (κ1) is 20.2. The van der Waals surface area contributed by atoms with Gasteiger partial charge in [-0.15, -0.1) is 0 Å². The summed E-state index contributed by atoms with van der Waals surface area (Å²) in [5.41, 5.74) is 0.954. The first-order chi connectivity index (χ1) is 14.5. The molecule has 0 bridgehead atoms. The van der Waals surface area contributed by atoms with Crippen LogP contribution in [0.15, 0.2) is 82.3 Å². The van der Waals surface area contributed by atoms with Crippen LogP contribution < -0.4 is 4.72 Å². The third kappa shape index (κ3) is 4.72. The minimum Gasteiger partial charge on any atom is -0.468 e. The number of anilines is 1. The van der Waals surface area contributed by atoms with Crippen molar-refractivity contribution >= 4 is 21.6 Å². The molecule has 0 saturated carbocycles. The van der Waals surface area contributed by atoms with E-state index in [1.165, 1.54) is 12.1 Å². The number of benzene rings is 2. The molecular weight excluding hydrogens is 402 g/mol. The van der Waals surface area contributed by atoms with Crippen LogP contribution >= 0.6 is 0 Å². The number of furan rings is 1. The third-order valence-corrected chi connectivity index (χ3v) is 6.45. The maximum Gasteiger partial charge on any atom is 0.261 e. The molecule has 0 spiro atoms. The van der Waals surface area contributed by atoms with Crippen molar-refractivity contribution in [3.8, 4) is 0 Å². The Labute approximate surface area is 176 Å². The van der Waals surface area contributed by atoms with Crippen LogP contribution in [0.3, 0.4) is 0 Å². The number of sulfonamides is 1. The lowest BCUT2D eigenvalue weighted by atomic mass is 10.1. The quantitative estimate of drug-likeness (QED) is 0.656. The summed E-state index contributed by atoms with van der Waals surface area (Å²) in [5, 5.41) is 0. The van der Waals surface area contributed by atoms with E-state index >= 15 is 0 Å². The molecule has 1 amide bonds. The van der Waals surface area contributed by atoms with Crippen molar-refractivity contribution in [3.63, 3.8) is 0 Å². The molecule has 1 aliphatic rings. The molecule has 2 heterocycles. The van der Waals surface area contributed by atoms with E-state index in [-0.39, 0.29) is 10.8 Å². The average molecular weight is 426 g/mol. The van der Waals surface area contributed by atoms with Crippen LogP contribution in [-0.4, -0.2) is 50.3 Å². The van der Waals surface area contributed by atoms with E-state index in [2.05, 4.69) is 9.62 Å². The fraction of sp³-hybridized carbons (Fsp3) is 0.227. The monoisotopic (exact) mass is 425 g/mol. The Morgan fingerprint density at radius 2 is 1.60 bits per heavy atom. The molecule has 1 fully saturated rings. The van der Waals surface area contributed by atoms with Crippen molar-refractivity contribution in [2.24, 2.45) is 0 Å². The van der Waals surface area contributed by atoms with Gasteiger partial charge in [0.1, 0.15) is 5.76 Å². The van der Waals surface area contributed by atoms with Gasteiger partial charge in [0.2, 0.25) is 0 Å². The molecule has 156 valence electrons. The van der Waals surface area contributed by atoms with E-state index in [1.807, 2.05) is 17.0 Å². The molecule has 0 atom stereocenters. The third-order valence-electron chi connectivity index (χ3n) is 5.06. The molecule has 1 N–H and O–H groups in total. The van der Waals surface area contributed by atoms with Crippen LogP contribution in [-0.2, 0) is 16.6 Å². The van der Waals surface area contributed by atoms with E-state index in [0.29, 0.717) is 24.3 Å². The second-order valence-corrected chi connectivity index (χ2v) is 8.83. The van der Waals surface area contributed by atoms with Crippen molar-refractivity contribution < 1.29 is 17.6 Å². The number of rotatable bonds is 6. The van der Waals surface area contributed by atoms with Crippen LogP contribution in [0.25, 0.3) is 0 Å². The molecule has 1 saturated heterocycles. The molecule has 7 nitrogen and oxygen atoms in total. The van der Waals surface area contributed by atoms with Crippen molar-refractivity contribution in [3.05, 3.63) is 84.3 Å². The van der Waals surface area contributed by atoms with E-state index in [0.717, 1.165) is 25.4 Å². The number of nitrogens with zero attached hydrogens (tertiary/aromatic N) is 2. The van der Waals surface area contributed by atoms with Crippen molar-refractivity contribution in [2.75, 3.05) is 30.9 Å². The summed E-state index contributed by atoms with van der Waals surface area (Å²) in [7, 11) is -3.65. The van der Waals surface area contributed by atoms with Gasteiger partial charge in [-0.05, 0) is 48.5 Å². The number of carbonyl (C=O) groups is 1. The zero-order chi connectivity index (χ0) is 21.0. The van der Waals surface area contributed by atoms with Crippen LogP contribution in [0.4, 0.5) is 5.69 Å². The van der Waals surface area contributed by atoms with Gasteiger partial charge in [-0.25, -0.2) is 8.42 Å². The van der Waals surface area contributed by atoms with Crippen LogP contribution in [0.2, 0.25) is 0 Å². The summed E-state index contributed by atoms with van der Waals surface area (Å²) in [4.78, 5) is 17.1. The lowest BCUT2D eigenvalue weighted by Crippen LogP contribution is -2.48. The maximum absolute atomic E-state index is 12.8. The zero-order valence-corrected chi connectivity index (χ0v) is 17.2. The lowest BCUT2D eigenvalue weighted by Gasteiger charge is -2.34. The highest BCUT2D eigenvalue weighted by Gasteiger charge is 2.23. The molecule has 1 aromatic heterocycles. The van der Waals surface area contributed by atoms with E-state index in [9.17, 15) is 13.2 Å². The molecule has 0 unspecified atom stereocenters. The highest BCUT2D eigenvalue weighted by Crippen LogP contribution is 2.18. The predicted molar refractivity (Wildman–Crippen MR) is 114 cm³/mol. The number of carbonyl (C=O) groups excluding carboxylic acids is 1. The Morgan fingerprint density at radius 3 is 2.23 bits per heavy atom. The average Bonchev–Trinajstić information content (AvgIpc) is 3.28. The lowest BCUT2D eigenvalue weighted by molar-refractivity contribution is 0.0620. The molecule has 4 rings (SSSR count). The summed E-state index contributed by atoms with van der Waals surface area (Å²) in [6.07, 6.45) is 1.67. The molecule has 8 heteroatoms. The van der Waals surface area contributed by atoms with Crippen molar-refractivity contribution in [2.45, 2.75) is 11.4 Å². The second kappa shape index (κ2) is 8.73. The minimum atomic E-state index is -3.65. The normalized spacial score (nSPS) is 15.1. The first-order valence-electron chi connectivity index (χ1n) is 9.73. The molecule has 3 aromatic rings. The van der Waals surface area contributed by atoms with Gasteiger partial charge in [-0.2, -0.15) is 0 Å². The van der Waals surface area contributed by atoms with Crippen molar-refractivity contribution in [1.29, 1.82) is 0 Å². The predicted octanol–water partition coefficient (Wildman–Crippen LogP) is 3.04. The largest absolute Gasteiger partial charge is 0.468 e. The molecule has 2 aromatic carbocycles. The SMILES string of the molecule is O=C(c1ccc(NS(=O)(=O)c2ccccc2)cc1)N1CCN(Cc2ccco2)CC1. The fourth-order valence-electron chi connectivity index (χ4n) is 3.41. The van der Waals surface area contributed by atoms with E-state index < -0.39 is 10.0 Å².